The lowest BCUT2D eigenvalue weighted by molar-refractivity contribution is 0.0643. The number of likely N-dealkylation sites (N-methyl/N-ethyl adjacent to an activating group) is 1. The van der Waals surface area contributed by atoms with Gasteiger partial charge in [-0.1, -0.05) is 13.8 Å². The van der Waals surface area contributed by atoms with Crippen LogP contribution in [0.25, 0.3) is 0 Å². The van der Waals surface area contributed by atoms with Gasteiger partial charge in [0.05, 0.1) is 5.56 Å². The Balaban J connectivity index is 2.08. The molecule has 0 saturated carbocycles. The Morgan fingerprint density at radius 1 is 1.28 bits per heavy atom. The van der Waals surface area contributed by atoms with Crippen molar-refractivity contribution >= 4 is 17.2 Å². The Kier molecular flexibility index (Phi) is 4.40. The third kappa shape index (κ3) is 2.59. The van der Waals surface area contributed by atoms with Gasteiger partial charge in [0, 0.05) is 36.4 Å². The first-order valence-electron chi connectivity index (χ1n) is 6.76. The largest absolute Gasteiger partial charge is 0.336 e. The van der Waals surface area contributed by atoms with E-state index in [1.54, 1.807) is 11.3 Å². The van der Waals surface area contributed by atoms with Crippen molar-refractivity contribution in [1.82, 2.24) is 9.80 Å². The van der Waals surface area contributed by atoms with Crippen LogP contribution in [0.15, 0.2) is 5.38 Å². The molecule has 0 bridgehead atoms. The zero-order valence-electron chi connectivity index (χ0n) is 11.5. The average molecular weight is 266 g/mol. The van der Waals surface area contributed by atoms with Gasteiger partial charge in [-0.25, -0.2) is 0 Å². The second-order valence-corrected chi connectivity index (χ2v) is 5.85. The van der Waals surface area contributed by atoms with Crippen molar-refractivity contribution in [3.05, 3.63) is 21.4 Å². The molecule has 100 valence electrons. The van der Waals surface area contributed by atoms with Crippen LogP contribution in [0.2, 0.25) is 0 Å². The van der Waals surface area contributed by atoms with E-state index in [-0.39, 0.29) is 5.91 Å². The summed E-state index contributed by atoms with van der Waals surface area (Å²) in [5.41, 5.74) is 2.17. The molecule has 1 aliphatic heterocycles. The zero-order chi connectivity index (χ0) is 13.1. The van der Waals surface area contributed by atoms with Crippen LogP contribution in [-0.4, -0.2) is 48.4 Å². The van der Waals surface area contributed by atoms with E-state index < -0.39 is 0 Å². The Bertz CT molecular complexity index is 419. The maximum atomic E-state index is 12.5. The molecular weight excluding hydrogens is 244 g/mol. The fraction of sp³-hybridized carbons (Fsp3) is 0.643. The first-order valence-corrected chi connectivity index (χ1v) is 7.63. The molecule has 0 aliphatic carbocycles. The van der Waals surface area contributed by atoms with Crippen molar-refractivity contribution in [2.24, 2.45) is 0 Å². The summed E-state index contributed by atoms with van der Waals surface area (Å²) in [5, 5.41) is 2.03. The molecule has 0 radical (unpaired) electrons. The summed E-state index contributed by atoms with van der Waals surface area (Å²) in [6, 6.07) is 0. The number of rotatable bonds is 3. The lowest BCUT2D eigenvalue weighted by Crippen LogP contribution is -2.48. The first-order chi connectivity index (χ1) is 8.67. The predicted molar refractivity (Wildman–Crippen MR) is 76.5 cm³/mol. The maximum Gasteiger partial charge on any atom is 0.255 e. The maximum absolute atomic E-state index is 12.5. The third-order valence-corrected chi connectivity index (χ3v) is 4.75. The second kappa shape index (κ2) is 5.85. The molecule has 0 atom stereocenters. The SMILES string of the molecule is CCc1c(C(=O)N2CCN(CC)CC2)csc1C. The van der Waals surface area contributed by atoms with E-state index in [2.05, 4.69) is 25.7 Å². The van der Waals surface area contributed by atoms with Crippen LogP contribution in [0.4, 0.5) is 0 Å². The van der Waals surface area contributed by atoms with E-state index in [9.17, 15) is 4.79 Å². The number of piperazine rings is 1. The summed E-state index contributed by atoms with van der Waals surface area (Å²) < 4.78 is 0. The van der Waals surface area contributed by atoms with Gasteiger partial charge in [0.1, 0.15) is 0 Å². The molecule has 1 fully saturated rings. The van der Waals surface area contributed by atoms with E-state index >= 15 is 0 Å². The van der Waals surface area contributed by atoms with Gasteiger partial charge in [-0.05, 0) is 25.5 Å². The normalized spacial score (nSPS) is 17.2. The molecule has 18 heavy (non-hydrogen) atoms. The number of thiophene rings is 1. The Labute approximate surface area is 113 Å². The minimum Gasteiger partial charge on any atom is -0.336 e. The van der Waals surface area contributed by atoms with E-state index in [4.69, 9.17) is 0 Å². The Hall–Kier alpha value is -0.870. The van der Waals surface area contributed by atoms with E-state index in [1.165, 1.54) is 10.4 Å². The van der Waals surface area contributed by atoms with Gasteiger partial charge in [0.25, 0.3) is 5.91 Å². The number of nitrogens with zero attached hydrogens (tertiary/aromatic N) is 2. The molecule has 0 spiro atoms. The standard InChI is InChI=1S/C14H22N2OS/c1-4-12-11(3)18-10-13(12)14(17)16-8-6-15(5-2)7-9-16/h10H,4-9H2,1-3H3. The molecular formula is C14H22N2OS. The summed E-state index contributed by atoms with van der Waals surface area (Å²) in [5.74, 6) is 0.229. The van der Waals surface area contributed by atoms with Gasteiger partial charge in [-0.3, -0.25) is 4.79 Å². The summed E-state index contributed by atoms with van der Waals surface area (Å²) in [4.78, 5) is 18.2. The number of carbonyl (C=O) groups is 1. The topological polar surface area (TPSA) is 23.6 Å². The number of hydrogen-bond acceptors (Lipinski definition) is 3. The highest BCUT2D eigenvalue weighted by Gasteiger charge is 2.24. The van der Waals surface area contributed by atoms with Gasteiger partial charge < -0.3 is 9.80 Å². The molecule has 1 aromatic heterocycles. The highest BCUT2D eigenvalue weighted by atomic mass is 32.1. The van der Waals surface area contributed by atoms with Crippen LogP contribution in [-0.2, 0) is 6.42 Å². The van der Waals surface area contributed by atoms with Gasteiger partial charge >= 0.3 is 0 Å². The summed E-state index contributed by atoms with van der Waals surface area (Å²) in [7, 11) is 0. The monoisotopic (exact) mass is 266 g/mol. The lowest BCUT2D eigenvalue weighted by Gasteiger charge is -2.34. The van der Waals surface area contributed by atoms with Crippen LogP contribution in [0.1, 0.15) is 34.6 Å². The van der Waals surface area contributed by atoms with Crippen LogP contribution in [0.3, 0.4) is 0 Å². The van der Waals surface area contributed by atoms with Gasteiger partial charge in [-0.15, -0.1) is 11.3 Å². The van der Waals surface area contributed by atoms with Gasteiger partial charge in [-0.2, -0.15) is 0 Å². The molecule has 1 aromatic rings. The van der Waals surface area contributed by atoms with E-state index in [0.717, 1.165) is 44.7 Å². The van der Waals surface area contributed by atoms with Crippen molar-refractivity contribution < 1.29 is 4.79 Å². The number of aryl methyl sites for hydroxylation is 1. The fourth-order valence-electron chi connectivity index (χ4n) is 2.54. The molecule has 0 N–H and O–H groups in total. The quantitative estimate of drug-likeness (QED) is 0.839. The van der Waals surface area contributed by atoms with Crippen molar-refractivity contribution in [1.29, 1.82) is 0 Å². The minimum absolute atomic E-state index is 0.229. The van der Waals surface area contributed by atoms with E-state index in [0.29, 0.717) is 0 Å². The smallest absolute Gasteiger partial charge is 0.255 e. The molecule has 2 rings (SSSR count). The zero-order valence-corrected chi connectivity index (χ0v) is 12.3. The highest BCUT2D eigenvalue weighted by molar-refractivity contribution is 7.10. The highest BCUT2D eigenvalue weighted by Crippen LogP contribution is 2.24. The summed E-state index contributed by atoms with van der Waals surface area (Å²) in [6.07, 6.45) is 0.950. The predicted octanol–water partition coefficient (Wildman–Crippen LogP) is 2.40. The second-order valence-electron chi connectivity index (χ2n) is 4.76. The lowest BCUT2D eigenvalue weighted by atomic mass is 10.1. The van der Waals surface area contributed by atoms with Gasteiger partial charge in [0.2, 0.25) is 0 Å². The molecule has 0 aromatic carbocycles. The van der Waals surface area contributed by atoms with Crippen molar-refractivity contribution in [3.63, 3.8) is 0 Å². The Morgan fingerprint density at radius 3 is 2.50 bits per heavy atom. The number of amides is 1. The van der Waals surface area contributed by atoms with Crippen molar-refractivity contribution in [3.8, 4) is 0 Å². The first kappa shape index (κ1) is 13.6. The molecule has 0 unspecified atom stereocenters. The Morgan fingerprint density at radius 2 is 1.94 bits per heavy atom. The number of hydrogen-bond donors (Lipinski definition) is 0. The van der Waals surface area contributed by atoms with Crippen LogP contribution in [0, 0.1) is 6.92 Å². The van der Waals surface area contributed by atoms with E-state index in [1.807, 2.05) is 10.3 Å². The van der Waals surface area contributed by atoms with Gasteiger partial charge in [0.15, 0.2) is 0 Å². The minimum atomic E-state index is 0.229. The van der Waals surface area contributed by atoms with Crippen molar-refractivity contribution in [2.45, 2.75) is 27.2 Å². The molecule has 2 heterocycles. The fourth-order valence-corrected chi connectivity index (χ4v) is 3.47. The summed E-state index contributed by atoms with van der Waals surface area (Å²) >= 11 is 1.70. The van der Waals surface area contributed by atoms with Crippen LogP contribution < -0.4 is 0 Å². The molecule has 3 nitrogen and oxygen atoms in total. The summed E-state index contributed by atoms with van der Waals surface area (Å²) in [6.45, 7) is 11.2. The molecule has 1 amide bonds. The third-order valence-electron chi connectivity index (χ3n) is 3.79. The average Bonchev–Trinajstić information content (AvgIpc) is 2.79. The molecule has 4 heteroatoms. The molecule has 1 aliphatic rings. The van der Waals surface area contributed by atoms with Crippen molar-refractivity contribution in [2.75, 3.05) is 32.7 Å². The molecule has 1 saturated heterocycles. The number of carbonyl (C=O) groups excluding carboxylic acids is 1. The van der Waals surface area contributed by atoms with Crippen LogP contribution in [0.5, 0.6) is 0 Å². The van der Waals surface area contributed by atoms with Crippen LogP contribution >= 0.6 is 11.3 Å².